The molecule has 9 heteroatoms. The molecule has 1 aliphatic heterocycles. The molecular weight excluding hydrogens is 608 g/mol. The van der Waals surface area contributed by atoms with Crippen molar-refractivity contribution in [2.24, 2.45) is 0 Å². The number of hydrazine groups is 1. The zero-order valence-corrected chi connectivity index (χ0v) is 26.3. The van der Waals surface area contributed by atoms with Crippen LogP contribution >= 0.6 is 39.9 Å². The number of hydrogen-bond donors (Lipinski definition) is 1. The summed E-state index contributed by atoms with van der Waals surface area (Å²) >= 11 is 10.1. The van der Waals surface area contributed by atoms with E-state index in [1.807, 2.05) is 38.1 Å². The van der Waals surface area contributed by atoms with E-state index in [2.05, 4.69) is 66.4 Å². The van der Waals surface area contributed by atoms with Gasteiger partial charge in [0.25, 0.3) is 11.8 Å². The monoisotopic (exact) mass is 638 g/mol. The number of hydrogen-bond acceptors (Lipinski definition) is 6. The first-order valence-corrected chi connectivity index (χ1v) is 14.8. The van der Waals surface area contributed by atoms with Crippen molar-refractivity contribution in [2.75, 3.05) is 6.61 Å². The molecular formula is C31H31BrN2O4S2. The Morgan fingerprint density at radius 2 is 1.80 bits per heavy atom. The average molecular weight is 640 g/mol. The van der Waals surface area contributed by atoms with E-state index in [1.165, 1.54) is 5.56 Å². The third-order valence-electron chi connectivity index (χ3n) is 6.23. The highest BCUT2D eigenvalue weighted by atomic mass is 79.9. The predicted octanol–water partition coefficient (Wildman–Crippen LogP) is 7.58. The minimum Gasteiger partial charge on any atom is -0.490 e. The van der Waals surface area contributed by atoms with Gasteiger partial charge in [-0.25, -0.2) is 0 Å². The molecule has 40 heavy (non-hydrogen) atoms. The van der Waals surface area contributed by atoms with E-state index in [0.29, 0.717) is 39.7 Å². The maximum absolute atomic E-state index is 13.1. The third-order valence-corrected chi connectivity index (χ3v) is 8.12. The minimum absolute atomic E-state index is 0.0845. The molecule has 0 atom stereocenters. The summed E-state index contributed by atoms with van der Waals surface area (Å²) in [4.78, 5) is 26.3. The molecule has 1 fully saturated rings. The maximum atomic E-state index is 13.1. The Morgan fingerprint density at radius 1 is 1.10 bits per heavy atom. The Kier molecular flexibility index (Phi) is 9.38. The van der Waals surface area contributed by atoms with Crippen molar-refractivity contribution in [3.05, 3.63) is 97.9 Å². The van der Waals surface area contributed by atoms with Crippen molar-refractivity contribution in [1.82, 2.24) is 10.4 Å². The van der Waals surface area contributed by atoms with Gasteiger partial charge in [0.15, 0.2) is 15.8 Å². The van der Waals surface area contributed by atoms with E-state index in [9.17, 15) is 9.59 Å². The summed E-state index contributed by atoms with van der Waals surface area (Å²) in [6, 6.07) is 19.2. The molecule has 0 aliphatic carbocycles. The molecule has 0 radical (unpaired) electrons. The molecule has 0 spiro atoms. The standard InChI is InChI=1S/C31H31BrN2O4S2/c1-6-37-25-16-21(15-24(32)27(25)38-18-20-11-13-22(14-12-20)31(3,4)5)17-26-29(36)34(30(39)40-26)33-28(35)23-10-8-7-9-19(23)2/h7-17H,6,18H2,1-5H3,(H,33,35)/b26-17+. The first-order valence-electron chi connectivity index (χ1n) is 12.8. The molecule has 4 rings (SSSR count). The lowest BCUT2D eigenvalue weighted by molar-refractivity contribution is -0.123. The van der Waals surface area contributed by atoms with E-state index in [4.69, 9.17) is 21.7 Å². The van der Waals surface area contributed by atoms with Gasteiger partial charge in [0.05, 0.1) is 16.0 Å². The van der Waals surface area contributed by atoms with Crippen molar-refractivity contribution in [3.63, 3.8) is 0 Å². The summed E-state index contributed by atoms with van der Waals surface area (Å²) in [7, 11) is 0. The van der Waals surface area contributed by atoms with E-state index >= 15 is 0 Å². The maximum Gasteiger partial charge on any atom is 0.285 e. The predicted molar refractivity (Wildman–Crippen MR) is 168 cm³/mol. The number of nitrogens with zero attached hydrogens (tertiary/aromatic N) is 1. The van der Waals surface area contributed by atoms with Crippen molar-refractivity contribution >= 4 is 62.1 Å². The van der Waals surface area contributed by atoms with Gasteiger partial charge in [-0.15, -0.1) is 0 Å². The van der Waals surface area contributed by atoms with Crippen LogP contribution in [0, 0.1) is 6.92 Å². The number of aryl methyl sites for hydroxylation is 1. The number of rotatable bonds is 8. The second-order valence-electron chi connectivity index (χ2n) is 10.3. The smallest absolute Gasteiger partial charge is 0.285 e. The average Bonchev–Trinajstić information content (AvgIpc) is 3.15. The van der Waals surface area contributed by atoms with Gasteiger partial charge in [0.1, 0.15) is 6.61 Å². The Balaban J connectivity index is 1.51. The normalized spacial score (nSPS) is 14.6. The Labute approximate surface area is 253 Å². The fraction of sp³-hybridized carbons (Fsp3) is 0.258. The summed E-state index contributed by atoms with van der Waals surface area (Å²) in [6.45, 7) is 11.1. The number of benzene rings is 3. The third kappa shape index (κ3) is 6.95. The van der Waals surface area contributed by atoms with E-state index in [0.717, 1.165) is 33.5 Å². The van der Waals surface area contributed by atoms with Gasteiger partial charge < -0.3 is 9.47 Å². The highest BCUT2D eigenvalue weighted by Gasteiger charge is 2.34. The molecule has 208 valence electrons. The number of ether oxygens (including phenoxy) is 2. The fourth-order valence-corrected chi connectivity index (χ4v) is 5.79. The second-order valence-corrected chi connectivity index (χ2v) is 12.8. The number of carbonyl (C=O) groups excluding carboxylic acids is 2. The van der Waals surface area contributed by atoms with E-state index in [1.54, 1.807) is 18.2 Å². The molecule has 1 aliphatic rings. The summed E-state index contributed by atoms with van der Waals surface area (Å²) in [5, 5.41) is 1.11. The van der Waals surface area contributed by atoms with Crippen molar-refractivity contribution < 1.29 is 19.1 Å². The summed E-state index contributed by atoms with van der Waals surface area (Å²) in [5.41, 5.74) is 7.03. The first-order chi connectivity index (χ1) is 19.0. The Bertz CT molecular complexity index is 1480. The molecule has 6 nitrogen and oxygen atoms in total. The van der Waals surface area contributed by atoms with Gasteiger partial charge in [-0.2, -0.15) is 5.01 Å². The largest absolute Gasteiger partial charge is 0.490 e. The van der Waals surface area contributed by atoms with Gasteiger partial charge in [0.2, 0.25) is 0 Å². The molecule has 1 heterocycles. The fourth-order valence-electron chi connectivity index (χ4n) is 4.04. The number of nitrogens with one attached hydrogen (secondary N) is 1. The number of amides is 2. The number of thiocarbonyl (C=S) groups is 1. The van der Waals surface area contributed by atoms with Crippen LogP contribution in [0.4, 0.5) is 0 Å². The van der Waals surface area contributed by atoms with Gasteiger partial charge >= 0.3 is 0 Å². The van der Waals surface area contributed by atoms with Gasteiger partial charge in [-0.3, -0.25) is 15.0 Å². The van der Waals surface area contributed by atoms with Crippen LogP contribution in [0.25, 0.3) is 6.08 Å². The Morgan fingerprint density at radius 3 is 2.45 bits per heavy atom. The number of carbonyl (C=O) groups is 2. The lowest BCUT2D eigenvalue weighted by atomic mass is 9.87. The van der Waals surface area contributed by atoms with E-state index < -0.39 is 11.8 Å². The van der Waals surface area contributed by atoms with Crippen LogP contribution in [0.5, 0.6) is 11.5 Å². The molecule has 3 aromatic rings. The lowest BCUT2D eigenvalue weighted by Gasteiger charge is -2.19. The quantitative estimate of drug-likeness (QED) is 0.203. The summed E-state index contributed by atoms with van der Waals surface area (Å²) < 4.78 is 13.0. The molecule has 2 amide bonds. The van der Waals surface area contributed by atoms with Crippen LogP contribution in [0.3, 0.4) is 0 Å². The van der Waals surface area contributed by atoms with Crippen molar-refractivity contribution in [1.29, 1.82) is 0 Å². The molecule has 0 unspecified atom stereocenters. The van der Waals surface area contributed by atoms with Gasteiger partial charge in [0, 0.05) is 5.56 Å². The summed E-state index contributed by atoms with van der Waals surface area (Å²) in [5.74, 6) is 0.339. The molecule has 3 aromatic carbocycles. The SMILES string of the molecule is CCOc1cc(/C=C2/SC(=S)N(NC(=O)c3ccccc3C)C2=O)cc(Br)c1OCc1ccc(C(C)(C)C)cc1. The lowest BCUT2D eigenvalue weighted by Crippen LogP contribution is -2.45. The van der Waals surface area contributed by atoms with Crippen molar-refractivity contribution in [3.8, 4) is 11.5 Å². The molecule has 0 aromatic heterocycles. The van der Waals surface area contributed by atoms with Crippen LogP contribution in [0.2, 0.25) is 0 Å². The topological polar surface area (TPSA) is 67.9 Å². The van der Waals surface area contributed by atoms with Crippen LogP contribution in [0.1, 0.15) is 60.3 Å². The highest BCUT2D eigenvalue weighted by molar-refractivity contribution is 9.10. The Hall–Kier alpha value is -3.14. The zero-order chi connectivity index (χ0) is 29.0. The molecule has 1 saturated heterocycles. The number of thioether (sulfide) groups is 1. The first kappa shape index (κ1) is 29.8. The summed E-state index contributed by atoms with van der Waals surface area (Å²) in [6.07, 6.45) is 1.72. The van der Waals surface area contributed by atoms with E-state index in [-0.39, 0.29) is 9.74 Å². The van der Waals surface area contributed by atoms with Crippen LogP contribution < -0.4 is 14.9 Å². The zero-order valence-electron chi connectivity index (χ0n) is 23.0. The molecule has 1 N–H and O–H groups in total. The molecule has 0 bridgehead atoms. The van der Waals surface area contributed by atoms with Crippen LogP contribution in [0.15, 0.2) is 70.0 Å². The minimum atomic E-state index is -0.398. The van der Waals surface area contributed by atoms with Gasteiger partial charge in [-0.1, -0.05) is 75.0 Å². The number of halogens is 1. The van der Waals surface area contributed by atoms with Crippen LogP contribution in [-0.4, -0.2) is 27.8 Å². The van der Waals surface area contributed by atoms with Crippen molar-refractivity contribution in [2.45, 2.75) is 46.6 Å². The second kappa shape index (κ2) is 12.6. The van der Waals surface area contributed by atoms with Gasteiger partial charge in [-0.05, 0) is 93.9 Å². The van der Waals surface area contributed by atoms with Crippen LogP contribution in [-0.2, 0) is 16.8 Å². The molecule has 0 saturated carbocycles. The highest BCUT2D eigenvalue weighted by Crippen LogP contribution is 2.39.